The molecule has 3 rings (SSSR count). The van der Waals surface area contributed by atoms with Gasteiger partial charge < -0.3 is 10.1 Å². The van der Waals surface area contributed by atoms with E-state index in [4.69, 9.17) is 4.74 Å². The van der Waals surface area contributed by atoms with Crippen LogP contribution in [0.15, 0.2) is 34.2 Å². The van der Waals surface area contributed by atoms with Gasteiger partial charge in [-0.3, -0.25) is 19.5 Å². The van der Waals surface area contributed by atoms with E-state index in [1.165, 1.54) is 0 Å². The molecular weight excluding hydrogens is 380 g/mol. The van der Waals surface area contributed by atoms with Crippen LogP contribution in [0.2, 0.25) is 0 Å². The fourth-order valence-corrected chi connectivity index (χ4v) is 3.49. The quantitative estimate of drug-likeness (QED) is 0.376. The number of imide groups is 1. The molecule has 1 aliphatic carbocycles. The number of benzene rings is 1. The molecule has 0 saturated heterocycles. The summed E-state index contributed by atoms with van der Waals surface area (Å²) in [7, 11) is 0. The molecule has 1 aliphatic rings. The summed E-state index contributed by atoms with van der Waals surface area (Å²) < 4.78 is 6.92. The van der Waals surface area contributed by atoms with Crippen LogP contribution >= 0.6 is 11.8 Å². The Balaban J connectivity index is 1.70. The third-order valence-electron chi connectivity index (χ3n) is 4.20. The molecule has 1 aromatic carbocycles. The first-order valence-electron chi connectivity index (χ1n) is 9.39. The van der Waals surface area contributed by atoms with Crippen molar-refractivity contribution in [3.8, 4) is 0 Å². The summed E-state index contributed by atoms with van der Waals surface area (Å²) in [6, 6.07) is 6.83. The SMILES string of the molecule is CCOCCCn1c(SCC(=O)NC(=O)NC2CC2)nc2ccccc2c1=O. The molecule has 0 aliphatic heterocycles. The predicted octanol–water partition coefficient (Wildman–Crippen LogP) is 1.90. The Labute approximate surface area is 167 Å². The number of urea groups is 1. The molecule has 9 heteroatoms. The van der Waals surface area contributed by atoms with E-state index in [0.29, 0.717) is 42.2 Å². The summed E-state index contributed by atoms with van der Waals surface area (Å²) in [5.41, 5.74) is 0.444. The maximum absolute atomic E-state index is 12.9. The normalized spacial score (nSPS) is 13.5. The molecule has 1 saturated carbocycles. The highest BCUT2D eigenvalue weighted by Gasteiger charge is 2.24. The molecule has 150 valence electrons. The van der Waals surface area contributed by atoms with Gasteiger partial charge in [0.25, 0.3) is 5.56 Å². The number of rotatable bonds is 9. The summed E-state index contributed by atoms with van der Waals surface area (Å²) >= 11 is 1.14. The zero-order chi connectivity index (χ0) is 19.9. The second kappa shape index (κ2) is 9.70. The summed E-state index contributed by atoms with van der Waals surface area (Å²) in [4.78, 5) is 41.2. The molecule has 0 spiro atoms. The van der Waals surface area contributed by atoms with Crippen LogP contribution in [0.1, 0.15) is 26.2 Å². The molecule has 0 radical (unpaired) electrons. The van der Waals surface area contributed by atoms with Gasteiger partial charge in [0.15, 0.2) is 5.16 Å². The molecule has 0 bridgehead atoms. The Morgan fingerprint density at radius 3 is 2.86 bits per heavy atom. The minimum atomic E-state index is -0.478. The molecule has 1 fully saturated rings. The van der Waals surface area contributed by atoms with E-state index in [0.717, 1.165) is 24.6 Å². The van der Waals surface area contributed by atoms with Gasteiger partial charge in [-0.1, -0.05) is 23.9 Å². The number of ether oxygens (including phenoxy) is 1. The van der Waals surface area contributed by atoms with Gasteiger partial charge in [0.2, 0.25) is 5.91 Å². The number of amides is 3. The Bertz CT molecular complexity index is 910. The topological polar surface area (TPSA) is 102 Å². The smallest absolute Gasteiger partial charge is 0.321 e. The molecule has 1 aromatic heterocycles. The van der Waals surface area contributed by atoms with Crippen molar-refractivity contribution >= 4 is 34.6 Å². The zero-order valence-corrected chi connectivity index (χ0v) is 16.6. The summed E-state index contributed by atoms with van der Waals surface area (Å²) in [5.74, 6) is -0.430. The first-order valence-corrected chi connectivity index (χ1v) is 10.4. The van der Waals surface area contributed by atoms with Gasteiger partial charge in [0, 0.05) is 25.8 Å². The third kappa shape index (κ3) is 5.56. The second-order valence-corrected chi connectivity index (χ2v) is 7.45. The summed E-state index contributed by atoms with van der Waals surface area (Å²) in [5, 5.41) is 6.01. The molecule has 0 atom stereocenters. The van der Waals surface area contributed by atoms with E-state index in [1.54, 1.807) is 22.8 Å². The zero-order valence-electron chi connectivity index (χ0n) is 15.8. The number of para-hydroxylation sites is 1. The van der Waals surface area contributed by atoms with Crippen molar-refractivity contribution in [2.75, 3.05) is 19.0 Å². The second-order valence-electron chi connectivity index (χ2n) is 6.50. The fraction of sp³-hybridized carbons (Fsp3) is 0.474. The van der Waals surface area contributed by atoms with Crippen LogP contribution in [0.25, 0.3) is 10.9 Å². The number of carbonyl (C=O) groups excluding carboxylic acids is 2. The van der Waals surface area contributed by atoms with Crippen LogP contribution in [-0.2, 0) is 16.1 Å². The predicted molar refractivity (Wildman–Crippen MR) is 108 cm³/mol. The van der Waals surface area contributed by atoms with Crippen LogP contribution in [-0.4, -0.2) is 46.5 Å². The highest BCUT2D eigenvalue weighted by molar-refractivity contribution is 7.99. The molecular formula is C19H24N4O4S. The maximum atomic E-state index is 12.9. The molecule has 2 aromatic rings. The molecule has 1 heterocycles. The minimum Gasteiger partial charge on any atom is -0.382 e. The number of hydrogen-bond acceptors (Lipinski definition) is 6. The number of hydrogen-bond donors (Lipinski definition) is 2. The lowest BCUT2D eigenvalue weighted by molar-refractivity contribution is -0.117. The third-order valence-corrected chi connectivity index (χ3v) is 5.18. The van der Waals surface area contributed by atoms with Crippen LogP contribution in [0.5, 0.6) is 0 Å². The Hall–Kier alpha value is -2.39. The van der Waals surface area contributed by atoms with Crippen LogP contribution in [0.4, 0.5) is 4.79 Å². The van der Waals surface area contributed by atoms with Crippen molar-refractivity contribution in [2.45, 2.75) is 43.9 Å². The lowest BCUT2D eigenvalue weighted by Gasteiger charge is -2.13. The fourth-order valence-electron chi connectivity index (χ4n) is 2.67. The number of fused-ring (bicyclic) bond motifs is 1. The Morgan fingerprint density at radius 1 is 1.32 bits per heavy atom. The van der Waals surface area contributed by atoms with E-state index in [2.05, 4.69) is 15.6 Å². The highest BCUT2D eigenvalue weighted by atomic mass is 32.2. The minimum absolute atomic E-state index is 0.00563. The monoisotopic (exact) mass is 404 g/mol. The van der Waals surface area contributed by atoms with Gasteiger partial charge in [-0.2, -0.15) is 0 Å². The summed E-state index contributed by atoms with van der Waals surface area (Å²) in [6.07, 6.45) is 2.56. The molecule has 0 unspecified atom stereocenters. The van der Waals surface area contributed by atoms with E-state index in [-0.39, 0.29) is 17.4 Å². The number of thioether (sulfide) groups is 1. The van der Waals surface area contributed by atoms with Crippen LogP contribution < -0.4 is 16.2 Å². The van der Waals surface area contributed by atoms with Gasteiger partial charge in [-0.15, -0.1) is 0 Å². The number of carbonyl (C=O) groups is 2. The number of nitrogens with zero attached hydrogens (tertiary/aromatic N) is 2. The lowest BCUT2D eigenvalue weighted by atomic mass is 10.2. The van der Waals surface area contributed by atoms with Crippen LogP contribution in [0.3, 0.4) is 0 Å². The summed E-state index contributed by atoms with van der Waals surface area (Å²) in [6.45, 7) is 3.53. The molecule has 3 amide bonds. The van der Waals surface area contributed by atoms with E-state index < -0.39 is 11.9 Å². The van der Waals surface area contributed by atoms with Gasteiger partial charge >= 0.3 is 6.03 Å². The van der Waals surface area contributed by atoms with E-state index >= 15 is 0 Å². The first kappa shape index (κ1) is 20.3. The Morgan fingerprint density at radius 2 is 2.11 bits per heavy atom. The van der Waals surface area contributed by atoms with E-state index in [9.17, 15) is 14.4 Å². The largest absolute Gasteiger partial charge is 0.382 e. The molecule has 2 N–H and O–H groups in total. The van der Waals surface area contributed by atoms with Gasteiger partial charge in [-0.05, 0) is 38.3 Å². The standard InChI is InChI=1S/C19H24N4O4S/c1-2-27-11-5-10-23-17(25)14-6-3-4-7-15(14)21-19(23)28-12-16(24)22-18(26)20-13-8-9-13/h3-4,6-7,13H,2,5,8-12H2,1H3,(H2,20,22,24,26). The van der Waals surface area contributed by atoms with Crippen LogP contribution in [0, 0.1) is 0 Å². The van der Waals surface area contributed by atoms with Gasteiger partial charge in [0.1, 0.15) is 0 Å². The number of aromatic nitrogens is 2. The van der Waals surface area contributed by atoms with Crippen molar-refractivity contribution in [3.05, 3.63) is 34.6 Å². The van der Waals surface area contributed by atoms with Crippen molar-refractivity contribution in [2.24, 2.45) is 0 Å². The molecule has 28 heavy (non-hydrogen) atoms. The first-order chi connectivity index (χ1) is 13.6. The van der Waals surface area contributed by atoms with Crippen molar-refractivity contribution in [1.29, 1.82) is 0 Å². The average Bonchev–Trinajstić information content (AvgIpc) is 3.49. The van der Waals surface area contributed by atoms with Crippen molar-refractivity contribution in [3.63, 3.8) is 0 Å². The maximum Gasteiger partial charge on any atom is 0.321 e. The average molecular weight is 404 g/mol. The Kier molecular flexibility index (Phi) is 7.05. The highest BCUT2D eigenvalue weighted by Crippen LogP contribution is 2.19. The van der Waals surface area contributed by atoms with Crippen molar-refractivity contribution < 1.29 is 14.3 Å². The number of nitrogens with one attached hydrogen (secondary N) is 2. The van der Waals surface area contributed by atoms with Crippen molar-refractivity contribution in [1.82, 2.24) is 20.2 Å². The lowest BCUT2D eigenvalue weighted by Crippen LogP contribution is -2.41. The van der Waals surface area contributed by atoms with Gasteiger partial charge in [0.05, 0.1) is 16.7 Å². The van der Waals surface area contributed by atoms with Gasteiger partial charge in [-0.25, -0.2) is 9.78 Å². The van der Waals surface area contributed by atoms with E-state index in [1.807, 2.05) is 13.0 Å². The molecule has 8 nitrogen and oxygen atoms in total.